The second-order valence-corrected chi connectivity index (χ2v) is 6.54. The van der Waals surface area contributed by atoms with E-state index in [9.17, 15) is 4.79 Å². The van der Waals surface area contributed by atoms with E-state index in [1.807, 2.05) is 31.2 Å². The summed E-state index contributed by atoms with van der Waals surface area (Å²) in [7, 11) is 1.63. The van der Waals surface area contributed by atoms with Crippen LogP contribution in [0.5, 0.6) is 11.5 Å². The third kappa shape index (κ3) is 7.37. The van der Waals surface area contributed by atoms with Crippen molar-refractivity contribution >= 4 is 5.91 Å². The molecule has 1 rings (SSSR count). The quantitative estimate of drug-likeness (QED) is 0.650. The van der Waals surface area contributed by atoms with Gasteiger partial charge in [0.15, 0.2) is 0 Å². The Morgan fingerprint density at radius 1 is 1.26 bits per heavy atom. The van der Waals surface area contributed by atoms with E-state index in [2.05, 4.69) is 19.2 Å². The van der Waals surface area contributed by atoms with Crippen molar-refractivity contribution in [3.05, 3.63) is 24.3 Å². The van der Waals surface area contributed by atoms with E-state index in [0.717, 1.165) is 17.9 Å². The highest BCUT2D eigenvalue weighted by atomic mass is 16.5. The molecule has 1 atom stereocenters. The van der Waals surface area contributed by atoms with Crippen LogP contribution in [-0.2, 0) is 4.79 Å². The van der Waals surface area contributed by atoms with E-state index in [1.165, 1.54) is 0 Å². The largest absolute Gasteiger partial charge is 0.497 e. The topological polar surface area (TPSA) is 73.6 Å². The molecular weight excluding hydrogens is 292 g/mol. The van der Waals surface area contributed by atoms with E-state index in [-0.39, 0.29) is 11.4 Å². The first-order valence-corrected chi connectivity index (χ1v) is 8.16. The Balaban J connectivity index is 2.30. The fourth-order valence-corrected chi connectivity index (χ4v) is 2.58. The maximum atomic E-state index is 12.1. The second kappa shape index (κ2) is 9.40. The molecule has 0 spiro atoms. The van der Waals surface area contributed by atoms with Crippen molar-refractivity contribution in [2.75, 3.05) is 20.3 Å². The van der Waals surface area contributed by atoms with Crippen molar-refractivity contribution in [2.45, 2.75) is 45.6 Å². The molecule has 0 saturated carbocycles. The number of carbonyl (C=O) groups excluding carboxylic acids is 1. The summed E-state index contributed by atoms with van der Waals surface area (Å²) in [4.78, 5) is 12.1. The van der Waals surface area contributed by atoms with Crippen LogP contribution in [0.1, 0.15) is 40.0 Å². The van der Waals surface area contributed by atoms with Crippen molar-refractivity contribution in [2.24, 2.45) is 11.7 Å². The lowest BCUT2D eigenvalue weighted by molar-refractivity contribution is -0.123. The fourth-order valence-electron chi connectivity index (χ4n) is 2.58. The molecule has 0 aromatic heterocycles. The van der Waals surface area contributed by atoms with Crippen molar-refractivity contribution in [3.8, 4) is 11.5 Å². The molecule has 1 amide bonds. The molecule has 1 aromatic carbocycles. The summed E-state index contributed by atoms with van der Waals surface area (Å²) < 4.78 is 10.7. The Labute approximate surface area is 139 Å². The van der Waals surface area contributed by atoms with Gasteiger partial charge in [-0.3, -0.25) is 4.79 Å². The number of nitrogens with two attached hydrogens (primary N) is 1. The molecule has 0 bridgehead atoms. The highest BCUT2D eigenvalue weighted by molar-refractivity contribution is 5.76. The van der Waals surface area contributed by atoms with Crippen LogP contribution in [0.15, 0.2) is 24.3 Å². The Morgan fingerprint density at radius 2 is 1.87 bits per heavy atom. The summed E-state index contributed by atoms with van der Waals surface area (Å²) in [5.74, 6) is 2.08. The van der Waals surface area contributed by atoms with Gasteiger partial charge < -0.3 is 20.5 Å². The van der Waals surface area contributed by atoms with Crippen molar-refractivity contribution < 1.29 is 14.3 Å². The van der Waals surface area contributed by atoms with Gasteiger partial charge in [-0.05, 0) is 49.9 Å². The number of nitrogens with one attached hydrogen (secondary N) is 1. The lowest BCUT2D eigenvalue weighted by atomic mass is 9.90. The molecule has 1 aromatic rings. The van der Waals surface area contributed by atoms with Gasteiger partial charge in [-0.2, -0.15) is 0 Å². The van der Waals surface area contributed by atoms with Crippen molar-refractivity contribution in [1.82, 2.24) is 5.32 Å². The van der Waals surface area contributed by atoms with Crippen LogP contribution in [0.3, 0.4) is 0 Å². The van der Waals surface area contributed by atoms with Gasteiger partial charge in [0.25, 0.3) is 0 Å². The molecule has 3 N–H and O–H groups in total. The number of benzene rings is 1. The van der Waals surface area contributed by atoms with E-state index in [0.29, 0.717) is 31.9 Å². The smallest absolute Gasteiger partial charge is 0.220 e. The first-order chi connectivity index (χ1) is 10.9. The lowest BCUT2D eigenvalue weighted by Gasteiger charge is -2.31. The van der Waals surface area contributed by atoms with Crippen LogP contribution in [0.4, 0.5) is 0 Å². The molecule has 0 radical (unpaired) electrons. The fraction of sp³-hybridized carbons (Fsp3) is 0.611. The molecule has 5 heteroatoms. The van der Waals surface area contributed by atoms with Crippen LogP contribution >= 0.6 is 0 Å². The third-order valence-electron chi connectivity index (χ3n) is 3.63. The predicted molar refractivity (Wildman–Crippen MR) is 92.8 cm³/mol. The van der Waals surface area contributed by atoms with Gasteiger partial charge in [0.1, 0.15) is 11.5 Å². The van der Waals surface area contributed by atoms with E-state index in [4.69, 9.17) is 15.2 Å². The van der Waals surface area contributed by atoms with E-state index >= 15 is 0 Å². The normalized spacial score (nSPS) is 13.5. The summed E-state index contributed by atoms with van der Waals surface area (Å²) in [6.07, 6.45) is 1.97. The minimum Gasteiger partial charge on any atom is -0.497 e. The van der Waals surface area contributed by atoms with E-state index < -0.39 is 0 Å². The van der Waals surface area contributed by atoms with Gasteiger partial charge in [0.05, 0.1) is 13.7 Å². The van der Waals surface area contributed by atoms with Crippen LogP contribution in [0, 0.1) is 5.92 Å². The van der Waals surface area contributed by atoms with Crippen molar-refractivity contribution in [3.63, 3.8) is 0 Å². The maximum absolute atomic E-state index is 12.1. The molecule has 23 heavy (non-hydrogen) atoms. The number of carbonyl (C=O) groups is 1. The van der Waals surface area contributed by atoms with Gasteiger partial charge in [0, 0.05) is 18.5 Å². The molecule has 0 aliphatic heterocycles. The molecule has 0 fully saturated rings. The molecule has 0 aliphatic carbocycles. The average Bonchev–Trinajstić information content (AvgIpc) is 2.51. The lowest BCUT2D eigenvalue weighted by Crippen LogP contribution is -2.52. The molecule has 0 aliphatic rings. The van der Waals surface area contributed by atoms with Gasteiger partial charge >= 0.3 is 0 Å². The number of rotatable bonds is 10. The SMILES string of the molecule is COc1ccc(OCCCC(=O)NC(C)(CN)CC(C)C)cc1. The van der Waals surface area contributed by atoms with E-state index in [1.54, 1.807) is 7.11 Å². The summed E-state index contributed by atoms with van der Waals surface area (Å²) in [6.45, 7) is 7.20. The highest BCUT2D eigenvalue weighted by Crippen LogP contribution is 2.18. The van der Waals surface area contributed by atoms with Crippen LogP contribution in [0.25, 0.3) is 0 Å². The number of methoxy groups -OCH3 is 1. The van der Waals surface area contributed by atoms with Gasteiger partial charge in [-0.15, -0.1) is 0 Å². The zero-order chi connectivity index (χ0) is 17.3. The first-order valence-electron chi connectivity index (χ1n) is 8.16. The Bertz CT molecular complexity index is 474. The zero-order valence-electron chi connectivity index (χ0n) is 14.7. The Morgan fingerprint density at radius 3 is 2.39 bits per heavy atom. The maximum Gasteiger partial charge on any atom is 0.220 e. The van der Waals surface area contributed by atoms with Crippen LogP contribution in [-0.4, -0.2) is 31.7 Å². The molecule has 5 nitrogen and oxygen atoms in total. The Kier molecular flexibility index (Phi) is 7.89. The zero-order valence-corrected chi connectivity index (χ0v) is 14.7. The summed E-state index contributed by atoms with van der Waals surface area (Å²) in [6, 6.07) is 7.40. The molecule has 1 unspecified atom stereocenters. The first kappa shape index (κ1) is 19.3. The predicted octanol–water partition coefficient (Wildman–Crippen LogP) is 2.73. The standard InChI is InChI=1S/C18H30N2O3/c1-14(2)12-18(3,13-19)20-17(21)6-5-11-23-16-9-7-15(22-4)8-10-16/h7-10,14H,5-6,11-13,19H2,1-4H3,(H,20,21). The average molecular weight is 322 g/mol. The van der Waals surface area contributed by atoms with Crippen molar-refractivity contribution in [1.29, 1.82) is 0 Å². The second-order valence-electron chi connectivity index (χ2n) is 6.54. The van der Waals surface area contributed by atoms with Gasteiger partial charge in [-0.25, -0.2) is 0 Å². The van der Waals surface area contributed by atoms with Crippen LogP contribution < -0.4 is 20.5 Å². The minimum atomic E-state index is -0.331. The molecule has 0 saturated heterocycles. The minimum absolute atomic E-state index is 0.0249. The molecule has 0 heterocycles. The van der Waals surface area contributed by atoms with Gasteiger partial charge in [-0.1, -0.05) is 13.8 Å². The highest BCUT2D eigenvalue weighted by Gasteiger charge is 2.25. The summed E-state index contributed by atoms with van der Waals surface area (Å²) >= 11 is 0. The Hall–Kier alpha value is -1.75. The monoisotopic (exact) mass is 322 g/mol. The molecular formula is C18H30N2O3. The number of amides is 1. The number of ether oxygens (including phenoxy) is 2. The number of hydrogen-bond acceptors (Lipinski definition) is 4. The summed E-state index contributed by atoms with van der Waals surface area (Å²) in [5.41, 5.74) is 5.48. The molecule has 130 valence electrons. The van der Waals surface area contributed by atoms with Crippen LogP contribution in [0.2, 0.25) is 0 Å². The van der Waals surface area contributed by atoms with Gasteiger partial charge in [0.2, 0.25) is 5.91 Å². The third-order valence-corrected chi connectivity index (χ3v) is 3.63. The number of hydrogen-bond donors (Lipinski definition) is 2. The summed E-state index contributed by atoms with van der Waals surface area (Å²) in [5, 5.41) is 3.05.